The van der Waals surface area contributed by atoms with E-state index in [1.165, 1.54) is 19.3 Å². The Kier molecular flexibility index (Phi) is 3.66. The highest BCUT2D eigenvalue weighted by atomic mass is 35.5. The van der Waals surface area contributed by atoms with Crippen LogP contribution >= 0.6 is 11.6 Å². The Bertz CT molecular complexity index is 405. The molecule has 0 spiro atoms. The number of halogens is 1. The standard InChI is InChI=1S/C12H14ClN3/c13-11-8-10(9-14)4-5-12(11)15-16-6-2-1-3-7-16/h4-5,8,15H,1-3,6-7H2. The predicted octanol–water partition coefficient (Wildman–Crippen LogP) is 3.02. The van der Waals surface area contributed by atoms with Gasteiger partial charge < -0.3 is 5.43 Å². The van der Waals surface area contributed by atoms with Crippen molar-refractivity contribution in [3.8, 4) is 6.07 Å². The number of hydrogen-bond donors (Lipinski definition) is 1. The van der Waals surface area contributed by atoms with Gasteiger partial charge >= 0.3 is 0 Å². The first-order chi connectivity index (χ1) is 7.79. The fourth-order valence-electron chi connectivity index (χ4n) is 1.85. The van der Waals surface area contributed by atoms with Crippen LogP contribution in [0.1, 0.15) is 24.8 Å². The van der Waals surface area contributed by atoms with Crippen LogP contribution in [0.15, 0.2) is 18.2 Å². The number of anilines is 1. The van der Waals surface area contributed by atoms with Crippen molar-refractivity contribution in [3.05, 3.63) is 28.8 Å². The Balaban J connectivity index is 2.06. The highest BCUT2D eigenvalue weighted by Gasteiger charge is 2.11. The fourth-order valence-corrected chi connectivity index (χ4v) is 2.07. The molecule has 0 amide bonds. The molecule has 1 fully saturated rings. The second kappa shape index (κ2) is 5.20. The maximum Gasteiger partial charge on any atom is 0.0992 e. The molecule has 0 atom stereocenters. The van der Waals surface area contributed by atoms with Crippen LogP contribution in [0.25, 0.3) is 0 Å². The van der Waals surface area contributed by atoms with Crippen molar-refractivity contribution in [2.45, 2.75) is 19.3 Å². The van der Waals surface area contributed by atoms with E-state index in [4.69, 9.17) is 16.9 Å². The van der Waals surface area contributed by atoms with Gasteiger partial charge in [0.05, 0.1) is 22.3 Å². The van der Waals surface area contributed by atoms with Crippen molar-refractivity contribution in [2.24, 2.45) is 0 Å². The number of benzene rings is 1. The Morgan fingerprint density at radius 2 is 2.00 bits per heavy atom. The quantitative estimate of drug-likeness (QED) is 0.857. The van der Waals surface area contributed by atoms with Crippen LogP contribution in [0.4, 0.5) is 5.69 Å². The van der Waals surface area contributed by atoms with Gasteiger partial charge in [-0.05, 0) is 31.0 Å². The van der Waals surface area contributed by atoms with Crippen molar-refractivity contribution in [1.82, 2.24) is 5.01 Å². The lowest BCUT2D eigenvalue weighted by molar-refractivity contribution is 0.273. The largest absolute Gasteiger partial charge is 0.317 e. The summed E-state index contributed by atoms with van der Waals surface area (Å²) in [4.78, 5) is 0. The molecule has 1 N–H and O–H groups in total. The molecular formula is C12H14ClN3. The van der Waals surface area contributed by atoms with Gasteiger partial charge in [-0.3, -0.25) is 0 Å². The van der Waals surface area contributed by atoms with Gasteiger partial charge in [0.2, 0.25) is 0 Å². The highest BCUT2D eigenvalue weighted by Crippen LogP contribution is 2.24. The number of nitrogens with one attached hydrogen (secondary N) is 1. The molecule has 16 heavy (non-hydrogen) atoms. The van der Waals surface area contributed by atoms with Crippen molar-refractivity contribution in [1.29, 1.82) is 5.26 Å². The van der Waals surface area contributed by atoms with E-state index >= 15 is 0 Å². The van der Waals surface area contributed by atoms with Crippen LogP contribution in [0.2, 0.25) is 5.02 Å². The molecule has 2 rings (SSSR count). The summed E-state index contributed by atoms with van der Waals surface area (Å²) in [7, 11) is 0. The molecule has 1 heterocycles. The number of hydrazine groups is 1. The van der Waals surface area contributed by atoms with Crippen LogP contribution in [-0.4, -0.2) is 18.1 Å². The Hall–Kier alpha value is -1.24. The van der Waals surface area contributed by atoms with Crippen LogP contribution in [0.5, 0.6) is 0 Å². The molecule has 1 aromatic carbocycles. The van der Waals surface area contributed by atoms with Crippen LogP contribution in [0, 0.1) is 11.3 Å². The summed E-state index contributed by atoms with van der Waals surface area (Å²) in [5.74, 6) is 0. The van der Waals surface area contributed by atoms with Gasteiger partial charge in [0, 0.05) is 13.1 Å². The third-order valence-electron chi connectivity index (χ3n) is 2.73. The SMILES string of the molecule is N#Cc1ccc(NN2CCCCC2)c(Cl)c1. The van der Waals surface area contributed by atoms with Crippen LogP contribution in [0.3, 0.4) is 0 Å². The molecule has 0 bridgehead atoms. The van der Waals surface area contributed by atoms with Gasteiger partial charge in [0.1, 0.15) is 0 Å². The first-order valence-electron chi connectivity index (χ1n) is 5.51. The summed E-state index contributed by atoms with van der Waals surface area (Å²) in [6.07, 6.45) is 3.75. The average molecular weight is 236 g/mol. The molecule has 84 valence electrons. The minimum Gasteiger partial charge on any atom is -0.317 e. The molecule has 0 aromatic heterocycles. The molecule has 1 aliphatic rings. The third kappa shape index (κ3) is 2.66. The monoisotopic (exact) mass is 235 g/mol. The molecule has 1 saturated heterocycles. The third-order valence-corrected chi connectivity index (χ3v) is 3.05. The first-order valence-corrected chi connectivity index (χ1v) is 5.88. The van der Waals surface area contributed by atoms with E-state index in [9.17, 15) is 0 Å². The lowest BCUT2D eigenvalue weighted by Crippen LogP contribution is -2.34. The smallest absolute Gasteiger partial charge is 0.0992 e. The highest BCUT2D eigenvalue weighted by molar-refractivity contribution is 6.33. The topological polar surface area (TPSA) is 39.1 Å². The Morgan fingerprint density at radius 3 is 2.62 bits per heavy atom. The van der Waals surface area contributed by atoms with Gasteiger partial charge in [0.25, 0.3) is 0 Å². The van der Waals surface area contributed by atoms with E-state index in [1.807, 2.05) is 6.07 Å². The summed E-state index contributed by atoms with van der Waals surface area (Å²) in [5, 5.41) is 11.5. The second-order valence-electron chi connectivity index (χ2n) is 3.97. The normalized spacial score (nSPS) is 16.8. The lowest BCUT2D eigenvalue weighted by Gasteiger charge is -2.28. The molecule has 0 saturated carbocycles. The minimum absolute atomic E-state index is 0.592. The lowest BCUT2D eigenvalue weighted by atomic mass is 10.2. The second-order valence-corrected chi connectivity index (χ2v) is 4.37. The van der Waals surface area contributed by atoms with E-state index in [2.05, 4.69) is 16.5 Å². The minimum atomic E-state index is 0.592. The molecular weight excluding hydrogens is 222 g/mol. The first kappa shape index (κ1) is 11.3. The molecule has 0 unspecified atom stereocenters. The summed E-state index contributed by atoms with van der Waals surface area (Å²) in [5.41, 5.74) is 4.76. The summed E-state index contributed by atoms with van der Waals surface area (Å²) in [6.45, 7) is 2.10. The number of rotatable bonds is 2. The van der Waals surface area contributed by atoms with Crippen molar-refractivity contribution in [2.75, 3.05) is 18.5 Å². The van der Waals surface area contributed by atoms with Crippen molar-refractivity contribution < 1.29 is 0 Å². The molecule has 0 radical (unpaired) electrons. The van der Waals surface area contributed by atoms with E-state index in [0.29, 0.717) is 10.6 Å². The fraction of sp³-hybridized carbons (Fsp3) is 0.417. The number of piperidine rings is 1. The Morgan fingerprint density at radius 1 is 1.25 bits per heavy atom. The van der Waals surface area contributed by atoms with Gasteiger partial charge in [-0.15, -0.1) is 0 Å². The van der Waals surface area contributed by atoms with Gasteiger partial charge in [-0.1, -0.05) is 18.0 Å². The van der Waals surface area contributed by atoms with E-state index < -0.39 is 0 Å². The van der Waals surface area contributed by atoms with E-state index in [1.54, 1.807) is 12.1 Å². The molecule has 1 aliphatic heterocycles. The summed E-state index contributed by atoms with van der Waals surface area (Å²) < 4.78 is 0. The average Bonchev–Trinajstić information content (AvgIpc) is 2.33. The Labute approximate surface area is 101 Å². The summed E-state index contributed by atoms with van der Waals surface area (Å²) in [6, 6.07) is 7.39. The number of nitrogens with zero attached hydrogens (tertiary/aromatic N) is 2. The van der Waals surface area contributed by atoms with E-state index in [-0.39, 0.29) is 0 Å². The molecule has 1 aromatic rings. The zero-order valence-corrected chi connectivity index (χ0v) is 9.80. The van der Waals surface area contributed by atoms with Crippen molar-refractivity contribution in [3.63, 3.8) is 0 Å². The predicted molar refractivity (Wildman–Crippen MR) is 65.2 cm³/mol. The zero-order chi connectivity index (χ0) is 11.4. The molecule has 3 nitrogen and oxygen atoms in total. The van der Waals surface area contributed by atoms with Gasteiger partial charge in [-0.25, -0.2) is 5.01 Å². The maximum atomic E-state index is 8.73. The number of hydrogen-bond acceptors (Lipinski definition) is 3. The van der Waals surface area contributed by atoms with Crippen LogP contribution in [-0.2, 0) is 0 Å². The maximum absolute atomic E-state index is 8.73. The zero-order valence-electron chi connectivity index (χ0n) is 9.04. The van der Waals surface area contributed by atoms with Crippen LogP contribution < -0.4 is 5.43 Å². The van der Waals surface area contributed by atoms with Gasteiger partial charge in [-0.2, -0.15) is 5.26 Å². The molecule has 4 heteroatoms. The van der Waals surface area contributed by atoms with Crippen molar-refractivity contribution >= 4 is 17.3 Å². The van der Waals surface area contributed by atoms with E-state index in [0.717, 1.165) is 18.8 Å². The summed E-state index contributed by atoms with van der Waals surface area (Å²) >= 11 is 6.09. The molecule has 0 aliphatic carbocycles. The number of nitriles is 1. The van der Waals surface area contributed by atoms with Gasteiger partial charge in [0.15, 0.2) is 0 Å².